The highest BCUT2D eigenvalue weighted by molar-refractivity contribution is 5.79. The van der Waals surface area contributed by atoms with Crippen LogP contribution in [0.3, 0.4) is 0 Å². The first-order chi connectivity index (χ1) is 14.0. The van der Waals surface area contributed by atoms with Crippen LogP contribution >= 0.6 is 0 Å². The number of aryl methyl sites for hydroxylation is 1. The van der Waals surface area contributed by atoms with Crippen molar-refractivity contribution in [2.75, 3.05) is 13.1 Å². The van der Waals surface area contributed by atoms with E-state index in [0.717, 1.165) is 54.9 Å². The van der Waals surface area contributed by atoms with Gasteiger partial charge >= 0.3 is 0 Å². The monoisotopic (exact) mass is 392 g/mol. The van der Waals surface area contributed by atoms with Crippen LogP contribution in [0.1, 0.15) is 60.4 Å². The molecule has 0 unspecified atom stereocenters. The third-order valence-corrected chi connectivity index (χ3v) is 5.96. The summed E-state index contributed by atoms with van der Waals surface area (Å²) in [4.78, 5) is 38.0. The quantitative estimate of drug-likeness (QED) is 0.805. The summed E-state index contributed by atoms with van der Waals surface area (Å²) in [6, 6.07) is 8.08. The molecule has 0 N–H and O–H groups in total. The highest BCUT2D eigenvalue weighted by Crippen LogP contribution is 2.30. The molecule has 2 aliphatic rings. The Morgan fingerprint density at radius 1 is 1.21 bits per heavy atom. The number of fused-ring (bicyclic) bond motifs is 1. The highest BCUT2D eigenvalue weighted by atomic mass is 16.2. The van der Waals surface area contributed by atoms with Gasteiger partial charge in [0.2, 0.25) is 11.8 Å². The van der Waals surface area contributed by atoms with Crippen LogP contribution in [0.25, 0.3) is 0 Å². The molecule has 3 heterocycles. The first-order valence-electron chi connectivity index (χ1n) is 10.5. The van der Waals surface area contributed by atoms with E-state index >= 15 is 0 Å². The predicted octanol–water partition coefficient (Wildman–Crippen LogP) is 2.99. The Morgan fingerprint density at radius 3 is 2.86 bits per heavy atom. The summed E-state index contributed by atoms with van der Waals surface area (Å²) < 4.78 is 0. The van der Waals surface area contributed by atoms with Gasteiger partial charge in [0, 0.05) is 44.7 Å². The Morgan fingerprint density at radius 2 is 2.07 bits per heavy atom. The molecule has 6 heteroatoms. The molecule has 29 heavy (non-hydrogen) atoms. The van der Waals surface area contributed by atoms with Crippen molar-refractivity contribution in [2.45, 2.75) is 58.5 Å². The van der Waals surface area contributed by atoms with Crippen LogP contribution in [0.4, 0.5) is 0 Å². The van der Waals surface area contributed by atoms with E-state index in [-0.39, 0.29) is 17.9 Å². The minimum absolute atomic E-state index is 0.0582. The van der Waals surface area contributed by atoms with Gasteiger partial charge in [-0.2, -0.15) is 0 Å². The number of carbonyl (C=O) groups excluding carboxylic acids is 2. The normalized spacial score (nSPS) is 19.0. The Bertz CT molecular complexity index is 927. The third-order valence-electron chi connectivity index (χ3n) is 5.96. The minimum Gasteiger partial charge on any atom is -0.338 e. The van der Waals surface area contributed by atoms with E-state index in [1.54, 1.807) is 6.92 Å². The molecule has 4 rings (SSSR count). The van der Waals surface area contributed by atoms with Crippen LogP contribution < -0.4 is 0 Å². The van der Waals surface area contributed by atoms with Crippen LogP contribution in [0, 0.1) is 6.92 Å². The van der Waals surface area contributed by atoms with E-state index < -0.39 is 0 Å². The molecule has 1 aromatic heterocycles. The number of aromatic nitrogens is 2. The van der Waals surface area contributed by atoms with E-state index in [4.69, 9.17) is 4.98 Å². The van der Waals surface area contributed by atoms with Crippen LogP contribution in [-0.4, -0.2) is 44.7 Å². The average Bonchev–Trinajstić information content (AvgIpc) is 2.73. The zero-order valence-electron chi connectivity index (χ0n) is 17.2. The Balaban J connectivity index is 1.53. The zero-order chi connectivity index (χ0) is 20.4. The second-order valence-corrected chi connectivity index (χ2v) is 8.16. The van der Waals surface area contributed by atoms with Gasteiger partial charge in [0.1, 0.15) is 0 Å². The molecule has 2 aromatic rings. The second kappa shape index (κ2) is 8.31. The second-order valence-electron chi connectivity index (χ2n) is 8.16. The number of likely N-dealkylation sites (tertiary alicyclic amines) is 1. The van der Waals surface area contributed by atoms with E-state index in [9.17, 15) is 9.59 Å². The summed E-state index contributed by atoms with van der Waals surface area (Å²) in [5.41, 5.74) is 4.26. The molecule has 152 valence electrons. The molecule has 6 nitrogen and oxygen atoms in total. The maximum absolute atomic E-state index is 13.1. The van der Waals surface area contributed by atoms with Crippen LogP contribution in [0.2, 0.25) is 0 Å². The topological polar surface area (TPSA) is 66.4 Å². The molecule has 2 amide bonds. The Kier molecular flexibility index (Phi) is 5.60. The Labute approximate surface area is 172 Å². The maximum Gasteiger partial charge on any atom is 0.227 e. The van der Waals surface area contributed by atoms with Gasteiger partial charge in [-0.05, 0) is 31.7 Å². The van der Waals surface area contributed by atoms with Crippen LogP contribution in [0.15, 0.2) is 30.5 Å². The molecule has 1 saturated heterocycles. The van der Waals surface area contributed by atoms with Gasteiger partial charge in [-0.1, -0.05) is 29.8 Å². The van der Waals surface area contributed by atoms with E-state index in [1.165, 1.54) is 5.56 Å². The van der Waals surface area contributed by atoms with Crippen LogP contribution in [-0.2, 0) is 29.0 Å². The average molecular weight is 393 g/mol. The minimum atomic E-state index is -0.0582. The summed E-state index contributed by atoms with van der Waals surface area (Å²) in [7, 11) is 0. The lowest BCUT2D eigenvalue weighted by atomic mass is 9.99. The number of hydrogen-bond donors (Lipinski definition) is 0. The van der Waals surface area contributed by atoms with Crippen LogP contribution in [0.5, 0.6) is 0 Å². The van der Waals surface area contributed by atoms with Gasteiger partial charge in [-0.25, -0.2) is 9.97 Å². The molecule has 1 aromatic carbocycles. The van der Waals surface area contributed by atoms with Crippen molar-refractivity contribution >= 4 is 11.8 Å². The molecule has 0 spiro atoms. The molecule has 0 saturated carbocycles. The number of hydrogen-bond acceptors (Lipinski definition) is 4. The van der Waals surface area contributed by atoms with E-state index in [2.05, 4.69) is 11.1 Å². The van der Waals surface area contributed by atoms with E-state index in [1.807, 2.05) is 41.1 Å². The molecule has 1 fully saturated rings. The maximum atomic E-state index is 13.1. The van der Waals surface area contributed by atoms with Crippen molar-refractivity contribution in [1.29, 1.82) is 0 Å². The number of nitrogens with zero attached hydrogens (tertiary/aromatic N) is 4. The lowest BCUT2D eigenvalue weighted by molar-refractivity contribution is -0.134. The van der Waals surface area contributed by atoms with Gasteiger partial charge in [0.15, 0.2) is 5.82 Å². The molecular formula is C23H28N4O2. The van der Waals surface area contributed by atoms with Gasteiger partial charge in [-0.3, -0.25) is 9.59 Å². The number of benzene rings is 1. The fourth-order valence-electron chi connectivity index (χ4n) is 4.36. The van der Waals surface area contributed by atoms with Crippen molar-refractivity contribution in [3.8, 4) is 0 Å². The standard InChI is InChI=1S/C23H28N4O2/c1-16-6-5-7-18(12-16)13-22(29)27-10-4-3-8-21(27)23-24-14-19-15-26(17(2)28)11-9-20(19)25-23/h5-7,12,14,21H,3-4,8-11,13,15H2,1-2H3/t21-/m0/s1. The molecule has 0 aliphatic carbocycles. The van der Waals surface area contributed by atoms with Crippen molar-refractivity contribution in [2.24, 2.45) is 0 Å². The summed E-state index contributed by atoms with van der Waals surface area (Å²) >= 11 is 0. The number of rotatable bonds is 3. The van der Waals surface area contributed by atoms with Gasteiger partial charge in [-0.15, -0.1) is 0 Å². The summed E-state index contributed by atoms with van der Waals surface area (Å²) in [6.45, 7) is 5.67. The highest BCUT2D eigenvalue weighted by Gasteiger charge is 2.31. The predicted molar refractivity (Wildman–Crippen MR) is 110 cm³/mol. The summed E-state index contributed by atoms with van der Waals surface area (Å²) in [5.74, 6) is 0.974. The summed E-state index contributed by atoms with van der Waals surface area (Å²) in [5, 5.41) is 0. The van der Waals surface area contributed by atoms with Gasteiger partial charge < -0.3 is 9.80 Å². The van der Waals surface area contributed by atoms with Gasteiger partial charge in [0.05, 0.1) is 18.2 Å². The van der Waals surface area contributed by atoms with Gasteiger partial charge in [0.25, 0.3) is 0 Å². The van der Waals surface area contributed by atoms with E-state index in [0.29, 0.717) is 19.5 Å². The van der Waals surface area contributed by atoms with Crippen molar-refractivity contribution < 1.29 is 9.59 Å². The third kappa shape index (κ3) is 4.31. The van der Waals surface area contributed by atoms with Crippen molar-refractivity contribution in [3.63, 3.8) is 0 Å². The fraction of sp³-hybridized carbons (Fsp3) is 0.478. The largest absolute Gasteiger partial charge is 0.338 e. The van der Waals surface area contributed by atoms with Crippen molar-refractivity contribution in [3.05, 3.63) is 58.7 Å². The molecule has 1 atom stereocenters. The number of carbonyl (C=O) groups is 2. The lowest BCUT2D eigenvalue weighted by Gasteiger charge is -2.35. The smallest absolute Gasteiger partial charge is 0.227 e. The SMILES string of the molecule is CC(=O)N1CCc2nc([C@@H]3CCCCN3C(=O)Cc3cccc(C)c3)ncc2C1. The lowest BCUT2D eigenvalue weighted by Crippen LogP contribution is -2.40. The Hall–Kier alpha value is -2.76. The zero-order valence-corrected chi connectivity index (χ0v) is 17.2. The van der Waals surface area contributed by atoms with Crippen molar-refractivity contribution in [1.82, 2.24) is 19.8 Å². The number of amides is 2. The number of piperidine rings is 1. The summed E-state index contributed by atoms with van der Waals surface area (Å²) in [6.07, 6.45) is 6.01. The fourth-order valence-corrected chi connectivity index (χ4v) is 4.36. The first kappa shape index (κ1) is 19.6. The molecule has 2 aliphatic heterocycles. The molecular weight excluding hydrogens is 364 g/mol. The molecule has 0 bridgehead atoms. The molecule has 0 radical (unpaired) electrons. The first-order valence-corrected chi connectivity index (χ1v) is 10.5.